The lowest BCUT2D eigenvalue weighted by molar-refractivity contribution is 0.00841. The Morgan fingerprint density at radius 2 is 2.06 bits per heavy atom. The molecule has 0 bridgehead atoms. The lowest BCUT2D eigenvalue weighted by Gasteiger charge is -2.26. The number of aromatic nitrogens is 2. The van der Waals surface area contributed by atoms with E-state index in [0.717, 1.165) is 18.8 Å². The molecule has 0 unspecified atom stereocenters. The Hall–Kier alpha value is -1.66. The van der Waals surface area contributed by atoms with Crippen molar-refractivity contribution in [2.24, 2.45) is 0 Å². The van der Waals surface area contributed by atoms with Crippen molar-refractivity contribution in [3.05, 3.63) is 35.4 Å². The third-order valence-corrected chi connectivity index (χ3v) is 3.54. The summed E-state index contributed by atoms with van der Waals surface area (Å²) in [5, 5.41) is 8.42. The van der Waals surface area contributed by atoms with Crippen LogP contribution in [-0.4, -0.2) is 23.4 Å². The van der Waals surface area contributed by atoms with Crippen LogP contribution < -0.4 is 10.5 Å². The van der Waals surface area contributed by atoms with Crippen LogP contribution in [0.3, 0.4) is 0 Å². The molecule has 1 fully saturated rings. The van der Waals surface area contributed by atoms with Crippen molar-refractivity contribution in [2.75, 3.05) is 18.9 Å². The molecule has 5 nitrogen and oxygen atoms in total. The number of nitrogens with two attached hydrogens (primary N) is 1. The first-order valence-electron chi connectivity index (χ1n) is 5.69. The fraction of sp³-hybridized carbons (Fsp3) is 0.333. The molecular formula is C12H13N3O2S. The van der Waals surface area contributed by atoms with Gasteiger partial charge < -0.3 is 15.2 Å². The van der Waals surface area contributed by atoms with Gasteiger partial charge in [0.25, 0.3) is 5.19 Å². The van der Waals surface area contributed by atoms with Crippen molar-refractivity contribution >= 4 is 16.5 Å². The summed E-state index contributed by atoms with van der Waals surface area (Å²) >= 11 is 1.24. The minimum absolute atomic E-state index is 0.422. The number of rotatable bonds is 4. The van der Waals surface area contributed by atoms with E-state index in [1.165, 1.54) is 16.9 Å². The number of anilines is 1. The zero-order chi connectivity index (χ0) is 12.4. The molecule has 0 atom stereocenters. The van der Waals surface area contributed by atoms with E-state index in [2.05, 4.69) is 34.5 Å². The normalized spacial score (nSPS) is 15.3. The highest BCUT2D eigenvalue weighted by molar-refractivity contribution is 7.16. The van der Waals surface area contributed by atoms with Gasteiger partial charge in [0, 0.05) is 5.92 Å². The van der Waals surface area contributed by atoms with Gasteiger partial charge in [-0.05, 0) is 22.5 Å². The van der Waals surface area contributed by atoms with Gasteiger partial charge >= 0.3 is 0 Å². The Morgan fingerprint density at radius 1 is 1.28 bits per heavy atom. The molecule has 0 aliphatic carbocycles. The van der Waals surface area contributed by atoms with Crippen molar-refractivity contribution in [3.63, 3.8) is 0 Å². The van der Waals surface area contributed by atoms with Crippen molar-refractivity contribution < 1.29 is 9.47 Å². The number of nitrogen functional groups attached to an aromatic ring is 1. The molecule has 0 radical (unpaired) electrons. The Kier molecular flexibility index (Phi) is 3.12. The van der Waals surface area contributed by atoms with Gasteiger partial charge in [0.05, 0.1) is 13.2 Å². The highest BCUT2D eigenvalue weighted by Crippen LogP contribution is 2.24. The quantitative estimate of drug-likeness (QED) is 0.911. The van der Waals surface area contributed by atoms with E-state index in [1.54, 1.807) is 0 Å². The second-order valence-corrected chi connectivity index (χ2v) is 5.14. The molecule has 18 heavy (non-hydrogen) atoms. The molecule has 1 aliphatic heterocycles. The molecule has 1 aromatic heterocycles. The third kappa shape index (κ3) is 2.44. The monoisotopic (exact) mass is 263 g/mol. The molecule has 0 spiro atoms. The number of nitrogens with zero attached hydrogens (tertiary/aromatic N) is 2. The lowest BCUT2D eigenvalue weighted by atomic mass is 9.97. The summed E-state index contributed by atoms with van der Waals surface area (Å²) in [6.45, 7) is 2.15. The summed E-state index contributed by atoms with van der Waals surface area (Å²) < 4.78 is 10.7. The van der Waals surface area contributed by atoms with Gasteiger partial charge in [0.15, 0.2) is 0 Å². The topological polar surface area (TPSA) is 70.3 Å². The van der Waals surface area contributed by atoms with Crippen LogP contribution in [0.4, 0.5) is 5.13 Å². The van der Waals surface area contributed by atoms with E-state index >= 15 is 0 Å². The van der Waals surface area contributed by atoms with Gasteiger partial charge in [0.1, 0.15) is 6.61 Å². The van der Waals surface area contributed by atoms with Crippen LogP contribution in [0.5, 0.6) is 5.19 Å². The fourth-order valence-corrected chi connectivity index (χ4v) is 2.20. The molecule has 1 aromatic carbocycles. The number of hydrogen-bond donors (Lipinski definition) is 1. The molecular weight excluding hydrogens is 250 g/mol. The lowest BCUT2D eigenvalue weighted by Crippen LogP contribution is -2.24. The molecule has 1 saturated heterocycles. The first-order valence-corrected chi connectivity index (χ1v) is 6.51. The summed E-state index contributed by atoms with van der Waals surface area (Å²) in [7, 11) is 0. The summed E-state index contributed by atoms with van der Waals surface area (Å²) in [5.41, 5.74) is 7.90. The standard InChI is InChI=1S/C12H13N3O2S/c13-11-14-15-12(18-11)17-5-8-1-3-9(4-2-8)10-6-16-7-10/h1-4,10H,5-7H2,(H2,13,14). The zero-order valence-electron chi connectivity index (χ0n) is 9.70. The minimum atomic E-state index is 0.422. The number of benzene rings is 1. The Balaban J connectivity index is 1.59. The van der Waals surface area contributed by atoms with Crippen LogP contribution in [0.1, 0.15) is 17.0 Å². The minimum Gasteiger partial charge on any atom is -0.464 e. The molecule has 2 heterocycles. The average molecular weight is 263 g/mol. The van der Waals surface area contributed by atoms with E-state index in [4.69, 9.17) is 15.2 Å². The number of hydrogen-bond acceptors (Lipinski definition) is 6. The van der Waals surface area contributed by atoms with Gasteiger partial charge in [-0.15, -0.1) is 5.10 Å². The van der Waals surface area contributed by atoms with Gasteiger partial charge in [-0.3, -0.25) is 0 Å². The van der Waals surface area contributed by atoms with Crippen LogP contribution >= 0.6 is 11.3 Å². The maximum atomic E-state index is 5.49. The van der Waals surface area contributed by atoms with Gasteiger partial charge in [-0.25, -0.2) is 0 Å². The van der Waals surface area contributed by atoms with Crippen LogP contribution in [-0.2, 0) is 11.3 Å². The average Bonchev–Trinajstić information content (AvgIpc) is 2.72. The van der Waals surface area contributed by atoms with Crippen molar-refractivity contribution in [1.82, 2.24) is 10.2 Å². The highest BCUT2D eigenvalue weighted by Gasteiger charge is 2.19. The maximum Gasteiger partial charge on any atom is 0.296 e. The summed E-state index contributed by atoms with van der Waals surface area (Å²) in [6.07, 6.45) is 0. The molecule has 0 amide bonds. The molecule has 3 rings (SSSR count). The van der Waals surface area contributed by atoms with Gasteiger partial charge in [0.2, 0.25) is 5.13 Å². The van der Waals surface area contributed by atoms with E-state index in [-0.39, 0.29) is 0 Å². The fourth-order valence-electron chi connectivity index (χ4n) is 1.74. The van der Waals surface area contributed by atoms with Crippen LogP contribution in [0.25, 0.3) is 0 Å². The molecule has 2 aromatic rings. The summed E-state index contributed by atoms with van der Waals surface area (Å²) in [6, 6.07) is 8.39. The number of ether oxygens (including phenoxy) is 2. The van der Waals surface area contributed by atoms with Crippen molar-refractivity contribution in [2.45, 2.75) is 12.5 Å². The van der Waals surface area contributed by atoms with Crippen LogP contribution in [0.15, 0.2) is 24.3 Å². The van der Waals surface area contributed by atoms with E-state index in [9.17, 15) is 0 Å². The predicted octanol–water partition coefficient (Wildman–Crippen LogP) is 1.81. The Labute approximate surface area is 109 Å². The molecule has 2 N–H and O–H groups in total. The zero-order valence-corrected chi connectivity index (χ0v) is 10.5. The molecule has 94 valence electrons. The first kappa shape index (κ1) is 11.4. The van der Waals surface area contributed by atoms with Crippen molar-refractivity contribution in [3.8, 4) is 5.19 Å². The summed E-state index contributed by atoms with van der Waals surface area (Å²) in [4.78, 5) is 0. The predicted molar refractivity (Wildman–Crippen MR) is 68.7 cm³/mol. The maximum absolute atomic E-state index is 5.49. The SMILES string of the molecule is Nc1nnc(OCc2ccc(C3COC3)cc2)s1. The van der Waals surface area contributed by atoms with Gasteiger partial charge in [-0.2, -0.15) is 0 Å². The van der Waals surface area contributed by atoms with Gasteiger partial charge in [-0.1, -0.05) is 29.4 Å². The van der Waals surface area contributed by atoms with Crippen LogP contribution in [0, 0.1) is 0 Å². The second kappa shape index (κ2) is 4.91. The summed E-state index contributed by atoms with van der Waals surface area (Å²) in [5.74, 6) is 0.558. The smallest absolute Gasteiger partial charge is 0.296 e. The molecule has 6 heteroatoms. The van der Waals surface area contributed by atoms with E-state index in [0.29, 0.717) is 22.9 Å². The van der Waals surface area contributed by atoms with E-state index < -0.39 is 0 Å². The highest BCUT2D eigenvalue weighted by atomic mass is 32.1. The van der Waals surface area contributed by atoms with Crippen LogP contribution in [0.2, 0.25) is 0 Å². The molecule has 0 saturated carbocycles. The first-order chi connectivity index (χ1) is 8.81. The molecule has 1 aliphatic rings. The largest absolute Gasteiger partial charge is 0.464 e. The van der Waals surface area contributed by atoms with Crippen molar-refractivity contribution in [1.29, 1.82) is 0 Å². The van der Waals surface area contributed by atoms with E-state index in [1.807, 2.05) is 0 Å². The Morgan fingerprint density at radius 3 is 2.61 bits per heavy atom. The third-order valence-electron chi connectivity index (χ3n) is 2.87. The Bertz CT molecular complexity index is 522. The second-order valence-electron chi connectivity index (χ2n) is 4.17.